The monoisotopic (exact) mass is 282 g/mol. The highest BCUT2D eigenvalue weighted by Gasteiger charge is 2.03. The number of ether oxygens (including phenoxy) is 1. The molecule has 5 heteroatoms. The zero-order valence-corrected chi connectivity index (χ0v) is 11.9. The van der Waals surface area contributed by atoms with Gasteiger partial charge in [-0.15, -0.1) is 11.3 Å². The number of rotatable bonds is 5. The summed E-state index contributed by atoms with van der Waals surface area (Å²) in [7, 11) is 0. The fourth-order valence-electron chi connectivity index (χ4n) is 1.63. The maximum absolute atomic E-state index is 5.84. The predicted octanol–water partition coefficient (Wildman–Crippen LogP) is 4.12. The maximum Gasteiger partial charge on any atom is 0.119 e. The molecular weight excluding hydrogens is 268 g/mol. The van der Waals surface area contributed by atoms with Crippen molar-refractivity contribution < 1.29 is 4.74 Å². The summed E-state index contributed by atoms with van der Waals surface area (Å²) in [6.45, 7) is 5.41. The topological polar surface area (TPSA) is 34.1 Å². The molecule has 0 spiro atoms. The molecule has 0 saturated heterocycles. The van der Waals surface area contributed by atoms with Crippen LogP contribution in [0.5, 0.6) is 5.75 Å². The predicted molar refractivity (Wildman–Crippen MR) is 76.8 cm³/mol. The van der Waals surface area contributed by atoms with Gasteiger partial charge < -0.3 is 10.1 Å². The number of aryl methyl sites for hydroxylation is 1. The molecule has 1 aromatic heterocycles. The molecule has 0 unspecified atom stereocenters. The summed E-state index contributed by atoms with van der Waals surface area (Å²) in [4.78, 5) is 4.21. The van der Waals surface area contributed by atoms with Crippen LogP contribution in [-0.4, -0.2) is 11.6 Å². The molecule has 0 bridgehead atoms. The molecule has 0 amide bonds. The average molecular weight is 283 g/mol. The van der Waals surface area contributed by atoms with Crippen LogP contribution in [0.2, 0.25) is 4.34 Å². The summed E-state index contributed by atoms with van der Waals surface area (Å²) in [5.41, 5.74) is 2.24. The van der Waals surface area contributed by atoms with Crippen LogP contribution in [0.25, 0.3) is 0 Å². The van der Waals surface area contributed by atoms with Crippen molar-refractivity contribution >= 4 is 28.6 Å². The van der Waals surface area contributed by atoms with Gasteiger partial charge in [0.05, 0.1) is 19.3 Å². The van der Waals surface area contributed by atoms with Crippen molar-refractivity contribution in [1.82, 2.24) is 4.98 Å². The lowest BCUT2D eigenvalue weighted by Gasteiger charge is -2.10. The first kappa shape index (κ1) is 13.2. The normalized spacial score (nSPS) is 10.4. The van der Waals surface area contributed by atoms with Crippen LogP contribution in [0, 0.1) is 6.92 Å². The van der Waals surface area contributed by atoms with E-state index in [2.05, 4.69) is 17.2 Å². The molecule has 0 radical (unpaired) electrons. The Morgan fingerprint density at radius 1 is 1.44 bits per heavy atom. The van der Waals surface area contributed by atoms with Gasteiger partial charge in [0.15, 0.2) is 0 Å². The Hall–Kier alpha value is -1.26. The highest BCUT2D eigenvalue weighted by molar-refractivity contribution is 7.15. The SMILES string of the molecule is CCOc1ccc(NCc2ncc(Cl)s2)c(C)c1. The number of thiazole rings is 1. The smallest absolute Gasteiger partial charge is 0.119 e. The number of anilines is 1. The first-order chi connectivity index (χ1) is 8.69. The summed E-state index contributed by atoms with van der Waals surface area (Å²) in [6, 6.07) is 6.02. The van der Waals surface area contributed by atoms with Crippen molar-refractivity contribution in [2.45, 2.75) is 20.4 Å². The largest absolute Gasteiger partial charge is 0.494 e. The molecule has 1 heterocycles. The van der Waals surface area contributed by atoms with Crippen molar-refractivity contribution in [1.29, 1.82) is 0 Å². The van der Waals surface area contributed by atoms with Crippen molar-refractivity contribution in [2.24, 2.45) is 0 Å². The third-order valence-electron chi connectivity index (χ3n) is 2.46. The molecule has 0 aliphatic heterocycles. The van der Waals surface area contributed by atoms with Gasteiger partial charge in [-0.25, -0.2) is 4.98 Å². The number of nitrogens with zero attached hydrogens (tertiary/aromatic N) is 1. The molecule has 1 N–H and O–H groups in total. The zero-order valence-electron chi connectivity index (χ0n) is 10.4. The average Bonchev–Trinajstić information content (AvgIpc) is 2.74. The van der Waals surface area contributed by atoms with E-state index in [9.17, 15) is 0 Å². The van der Waals surface area contributed by atoms with E-state index >= 15 is 0 Å². The second kappa shape index (κ2) is 6.07. The van der Waals surface area contributed by atoms with Crippen molar-refractivity contribution in [3.05, 3.63) is 39.3 Å². The summed E-state index contributed by atoms with van der Waals surface area (Å²) in [5, 5.41) is 4.33. The first-order valence-electron chi connectivity index (χ1n) is 5.76. The van der Waals surface area contributed by atoms with Gasteiger partial charge in [-0.1, -0.05) is 11.6 Å². The van der Waals surface area contributed by atoms with Gasteiger partial charge in [0, 0.05) is 5.69 Å². The second-order valence-corrected chi connectivity index (χ2v) is 5.57. The van der Waals surface area contributed by atoms with Crippen LogP contribution in [0.1, 0.15) is 17.5 Å². The maximum atomic E-state index is 5.84. The van der Waals surface area contributed by atoms with Gasteiger partial charge >= 0.3 is 0 Å². The summed E-state index contributed by atoms with van der Waals surface area (Å²) in [5.74, 6) is 0.901. The lowest BCUT2D eigenvalue weighted by atomic mass is 10.2. The lowest BCUT2D eigenvalue weighted by molar-refractivity contribution is 0.340. The molecule has 0 aliphatic carbocycles. The number of nitrogens with one attached hydrogen (secondary N) is 1. The van der Waals surface area contributed by atoms with E-state index < -0.39 is 0 Å². The van der Waals surface area contributed by atoms with Crippen LogP contribution in [-0.2, 0) is 6.54 Å². The molecule has 0 saturated carbocycles. The Labute approximate surface area is 116 Å². The standard InChI is InChI=1S/C13H15ClN2OS/c1-3-17-10-4-5-11(9(2)6-10)15-8-13-16-7-12(14)18-13/h4-7,15H,3,8H2,1-2H3. The second-order valence-electron chi connectivity index (χ2n) is 3.82. The number of hydrogen-bond donors (Lipinski definition) is 1. The highest BCUT2D eigenvalue weighted by Crippen LogP contribution is 2.23. The first-order valence-corrected chi connectivity index (χ1v) is 6.96. The fraction of sp³-hybridized carbons (Fsp3) is 0.308. The quantitative estimate of drug-likeness (QED) is 0.896. The molecule has 96 valence electrons. The van der Waals surface area contributed by atoms with Crippen LogP contribution in [0.15, 0.2) is 24.4 Å². The minimum atomic E-state index is 0.684. The minimum absolute atomic E-state index is 0.684. The lowest BCUT2D eigenvalue weighted by Crippen LogP contribution is -2.01. The van der Waals surface area contributed by atoms with E-state index in [1.807, 2.05) is 25.1 Å². The number of benzene rings is 1. The van der Waals surface area contributed by atoms with E-state index in [1.165, 1.54) is 11.3 Å². The molecule has 0 aliphatic rings. The van der Waals surface area contributed by atoms with Crippen LogP contribution in [0.4, 0.5) is 5.69 Å². The van der Waals surface area contributed by atoms with Crippen LogP contribution in [0.3, 0.4) is 0 Å². The third kappa shape index (κ3) is 3.37. The van der Waals surface area contributed by atoms with E-state index in [-0.39, 0.29) is 0 Å². The molecule has 0 atom stereocenters. The molecule has 18 heavy (non-hydrogen) atoms. The Balaban J connectivity index is 2.01. The van der Waals surface area contributed by atoms with Crippen LogP contribution < -0.4 is 10.1 Å². The van der Waals surface area contributed by atoms with E-state index in [4.69, 9.17) is 16.3 Å². The van der Waals surface area contributed by atoms with Gasteiger partial charge in [0.2, 0.25) is 0 Å². The summed E-state index contributed by atoms with van der Waals surface area (Å²) >= 11 is 7.33. The summed E-state index contributed by atoms with van der Waals surface area (Å²) < 4.78 is 6.17. The Kier molecular flexibility index (Phi) is 4.44. The molecule has 2 aromatic rings. The number of halogens is 1. The Bertz CT molecular complexity index is 527. The van der Waals surface area contributed by atoms with Crippen molar-refractivity contribution in [3.63, 3.8) is 0 Å². The number of aromatic nitrogens is 1. The van der Waals surface area contributed by atoms with Gasteiger partial charge in [-0.05, 0) is 37.6 Å². The van der Waals surface area contributed by atoms with Crippen molar-refractivity contribution in [3.8, 4) is 5.75 Å². The van der Waals surface area contributed by atoms with E-state index in [0.717, 1.165) is 26.3 Å². The Morgan fingerprint density at radius 2 is 2.28 bits per heavy atom. The molecule has 0 fully saturated rings. The minimum Gasteiger partial charge on any atom is -0.494 e. The number of hydrogen-bond acceptors (Lipinski definition) is 4. The van der Waals surface area contributed by atoms with Crippen LogP contribution >= 0.6 is 22.9 Å². The molecular formula is C13H15ClN2OS. The molecule has 2 rings (SSSR count). The summed E-state index contributed by atoms with van der Waals surface area (Å²) in [6.07, 6.45) is 1.67. The van der Waals surface area contributed by atoms with E-state index in [1.54, 1.807) is 6.20 Å². The third-order valence-corrected chi connectivity index (χ3v) is 3.58. The van der Waals surface area contributed by atoms with Gasteiger partial charge in [-0.3, -0.25) is 0 Å². The van der Waals surface area contributed by atoms with Crippen molar-refractivity contribution in [2.75, 3.05) is 11.9 Å². The molecule has 1 aromatic carbocycles. The zero-order chi connectivity index (χ0) is 13.0. The van der Waals surface area contributed by atoms with E-state index in [0.29, 0.717) is 13.2 Å². The van der Waals surface area contributed by atoms with Gasteiger partial charge in [0.25, 0.3) is 0 Å². The highest BCUT2D eigenvalue weighted by atomic mass is 35.5. The fourth-order valence-corrected chi connectivity index (χ4v) is 2.53. The molecule has 3 nitrogen and oxygen atoms in total. The Morgan fingerprint density at radius 3 is 2.89 bits per heavy atom. The van der Waals surface area contributed by atoms with Gasteiger partial charge in [-0.2, -0.15) is 0 Å². The van der Waals surface area contributed by atoms with Gasteiger partial charge in [0.1, 0.15) is 15.1 Å².